The van der Waals surface area contributed by atoms with Gasteiger partial charge in [0.1, 0.15) is 0 Å². The smallest absolute Gasteiger partial charge is 0.331 e. The average molecular weight is 356 g/mol. The van der Waals surface area contributed by atoms with Gasteiger partial charge in [-0.05, 0) is 25.0 Å². The first-order valence-corrected chi connectivity index (χ1v) is 7.39. The SMILES string of the molecule is CCC/C(=C/C(C)(F)F)C(=O)O.CCC/C(=C\C(C)(F)F)C(=O)O. The van der Waals surface area contributed by atoms with Crippen LogP contribution in [0.2, 0.25) is 0 Å². The van der Waals surface area contributed by atoms with Crippen molar-refractivity contribution in [1.82, 2.24) is 0 Å². The van der Waals surface area contributed by atoms with Gasteiger partial charge in [-0.1, -0.05) is 26.7 Å². The summed E-state index contributed by atoms with van der Waals surface area (Å²) in [5, 5.41) is 16.9. The van der Waals surface area contributed by atoms with E-state index in [-0.39, 0.29) is 24.0 Å². The fraction of sp³-hybridized carbons (Fsp3) is 0.625. The highest BCUT2D eigenvalue weighted by Crippen LogP contribution is 2.19. The number of allylic oxidation sites excluding steroid dienone is 2. The van der Waals surface area contributed by atoms with E-state index in [2.05, 4.69) is 0 Å². The maximum Gasteiger partial charge on any atom is 0.331 e. The third-order valence-electron chi connectivity index (χ3n) is 2.44. The molecule has 0 aliphatic carbocycles. The number of carbonyl (C=O) groups is 2. The summed E-state index contributed by atoms with van der Waals surface area (Å²) in [5.74, 6) is -8.61. The second-order valence-electron chi connectivity index (χ2n) is 5.36. The highest BCUT2D eigenvalue weighted by atomic mass is 19.3. The van der Waals surface area contributed by atoms with E-state index in [1.165, 1.54) is 0 Å². The molecule has 0 atom stereocenters. The van der Waals surface area contributed by atoms with Gasteiger partial charge < -0.3 is 10.2 Å². The molecule has 0 radical (unpaired) electrons. The zero-order chi connectivity index (χ0) is 19.6. The highest BCUT2D eigenvalue weighted by molar-refractivity contribution is 5.87. The normalized spacial score (nSPS) is 13.2. The average Bonchev–Trinajstić information content (AvgIpc) is 2.35. The van der Waals surface area contributed by atoms with Crippen LogP contribution in [-0.2, 0) is 9.59 Å². The fourth-order valence-corrected chi connectivity index (χ4v) is 1.63. The van der Waals surface area contributed by atoms with E-state index in [0.29, 0.717) is 38.8 Å². The first kappa shape index (κ1) is 24.4. The monoisotopic (exact) mass is 356 g/mol. The van der Waals surface area contributed by atoms with Crippen molar-refractivity contribution in [2.45, 2.75) is 65.2 Å². The summed E-state index contributed by atoms with van der Waals surface area (Å²) in [6.07, 6.45) is 2.46. The quantitative estimate of drug-likeness (QED) is 0.479. The van der Waals surface area contributed by atoms with Crippen LogP contribution in [0.25, 0.3) is 0 Å². The van der Waals surface area contributed by atoms with Gasteiger partial charge >= 0.3 is 11.9 Å². The molecule has 24 heavy (non-hydrogen) atoms. The van der Waals surface area contributed by atoms with Gasteiger partial charge in [-0.25, -0.2) is 27.2 Å². The molecular weight excluding hydrogens is 332 g/mol. The predicted molar refractivity (Wildman–Crippen MR) is 82.5 cm³/mol. The fourth-order valence-electron chi connectivity index (χ4n) is 1.63. The molecule has 0 aliphatic rings. The minimum Gasteiger partial charge on any atom is -0.478 e. The zero-order valence-corrected chi connectivity index (χ0v) is 14.2. The van der Waals surface area contributed by atoms with Crippen LogP contribution in [0.15, 0.2) is 23.3 Å². The molecule has 4 nitrogen and oxygen atoms in total. The highest BCUT2D eigenvalue weighted by Gasteiger charge is 2.21. The van der Waals surface area contributed by atoms with Crippen LogP contribution in [0.3, 0.4) is 0 Å². The van der Waals surface area contributed by atoms with Crippen molar-refractivity contribution in [3.8, 4) is 0 Å². The molecule has 0 aromatic heterocycles. The van der Waals surface area contributed by atoms with E-state index in [0.717, 1.165) is 0 Å². The number of aliphatic carboxylic acids is 2. The Kier molecular flexibility index (Phi) is 11.0. The van der Waals surface area contributed by atoms with Gasteiger partial charge in [0.2, 0.25) is 0 Å². The number of alkyl halides is 4. The number of carboxylic acid groups (broad SMARTS) is 2. The first-order valence-electron chi connectivity index (χ1n) is 7.39. The van der Waals surface area contributed by atoms with Crippen molar-refractivity contribution in [2.24, 2.45) is 0 Å². The second-order valence-corrected chi connectivity index (χ2v) is 5.36. The number of hydrogen-bond donors (Lipinski definition) is 2. The van der Waals surface area contributed by atoms with Crippen LogP contribution < -0.4 is 0 Å². The van der Waals surface area contributed by atoms with Crippen molar-refractivity contribution >= 4 is 11.9 Å². The Balaban J connectivity index is 0. The molecule has 0 unspecified atom stereocenters. The summed E-state index contributed by atoms with van der Waals surface area (Å²) in [6, 6.07) is 0. The van der Waals surface area contributed by atoms with Crippen LogP contribution >= 0.6 is 0 Å². The van der Waals surface area contributed by atoms with Gasteiger partial charge in [0, 0.05) is 25.0 Å². The van der Waals surface area contributed by atoms with Gasteiger partial charge in [-0.2, -0.15) is 0 Å². The summed E-state index contributed by atoms with van der Waals surface area (Å²) in [6.45, 7) is 4.83. The van der Waals surface area contributed by atoms with Crippen LogP contribution in [0.4, 0.5) is 17.6 Å². The van der Waals surface area contributed by atoms with Crippen LogP contribution in [-0.4, -0.2) is 34.0 Å². The third kappa shape index (κ3) is 15.1. The maximum atomic E-state index is 12.3. The molecule has 0 amide bonds. The zero-order valence-electron chi connectivity index (χ0n) is 14.2. The van der Waals surface area contributed by atoms with Crippen molar-refractivity contribution in [3.05, 3.63) is 23.3 Å². The van der Waals surface area contributed by atoms with E-state index in [1.807, 2.05) is 0 Å². The Hall–Kier alpha value is -1.86. The van der Waals surface area contributed by atoms with Crippen molar-refractivity contribution in [2.75, 3.05) is 0 Å². The Labute approximate surface area is 138 Å². The third-order valence-corrected chi connectivity index (χ3v) is 2.44. The summed E-state index contributed by atoms with van der Waals surface area (Å²) in [4.78, 5) is 20.7. The van der Waals surface area contributed by atoms with Crippen molar-refractivity contribution in [3.63, 3.8) is 0 Å². The van der Waals surface area contributed by atoms with Gasteiger partial charge in [0.05, 0.1) is 0 Å². The topological polar surface area (TPSA) is 74.6 Å². The molecule has 0 aromatic rings. The molecule has 0 saturated heterocycles. The molecule has 0 bridgehead atoms. The Morgan fingerprint density at radius 1 is 0.792 bits per heavy atom. The number of carboxylic acids is 2. The van der Waals surface area contributed by atoms with E-state index in [9.17, 15) is 27.2 Å². The molecule has 8 heteroatoms. The van der Waals surface area contributed by atoms with E-state index < -0.39 is 23.8 Å². The van der Waals surface area contributed by atoms with Crippen LogP contribution in [0.5, 0.6) is 0 Å². The molecule has 140 valence electrons. The lowest BCUT2D eigenvalue weighted by Crippen LogP contribution is -2.10. The second kappa shape index (κ2) is 10.8. The number of halogens is 4. The molecule has 2 N–H and O–H groups in total. The first-order chi connectivity index (χ1) is 10.7. The maximum absolute atomic E-state index is 12.3. The standard InChI is InChI=1S/2C8H12F2O2/c2*1-3-4-6(7(11)12)5-8(2,9)10/h2*5H,3-4H2,1-2H3,(H,11,12)/b6-5+;6-5-. The van der Waals surface area contributed by atoms with Gasteiger partial charge in [0.15, 0.2) is 0 Å². The summed E-state index contributed by atoms with van der Waals surface area (Å²) in [5.41, 5.74) is -0.435. The molecule has 0 aromatic carbocycles. The Bertz CT molecular complexity index is 427. The minimum absolute atomic E-state index is 0.179. The lowest BCUT2D eigenvalue weighted by atomic mass is 10.1. The summed E-state index contributed by atoms with van der Waals surface area (Å²) < 4.78 is 49.3. The summed E-state index contributed by atoms with van der Waals surface area (Å²) >= 11 is 0. The Morgan fingerprint density at radius 2 is 1.04 bits per heavy atom. The van der Waals surface area contributed by atoms with Crippen molar-refractivity contribution < 1.29 is 37.4 Å². The van der Waals surface area contributed by atoms with Crippen molar-refractivity contribution in [1.29, 1.82) is 0 Å². The Morgan fingerprint density at radius 3 is 1.17 bits per heavy atom. The van der Waals surface area contributed by atoms with Gasteiger partial charge in [-0.3, -0.25) is 0 Å². The molecule has 0 heterocycles. The van der Waals surface area contributed by atoms with Gasteiger partial charge in [0.25, 0.3) is 11.8 Å². The molecule has 0 fully saturated rings. The van der Waals surface area contributed by atoms with E-state index >= 15 is 0 Å². The number of hydrogen-bond acceptors (Lipinski definition) is 2. The van der Waals surface area contributed by atoms with Crippen LogP contribution in [0.1, 0.15) is 53.4 Å². The minimum atomic E-state index is -3.04. The largest absolute Gasteiger partial charge is 0.478 e. The summed E-state index contributed by atoms with van der Waals surface area (Å²) in [7, 11) is 0. The molecule has 0 rings (SSSR count). The predicted octanol–water partition coefficient (Wildman–Crippen LogP) is 4.91. The lowest BCUT2D eigenvalue weighted by molar-refractivity contribution is -0.134. The molecule has 0 spiro atoms. The molecule has 0 saturated carbocycles. The molecule has 0 aliphatic heterocycles. The van der Waals surface area contributed by atoms with E-state index in [1.54, 1.807) is 13.8 Å². The molecular formula is C16H24F4O4. The van der Waals surface area contributed by atoms with Gasteiger partial charge in [-0.15, -0.1) is 0 Å². The number of rotatable bonds is 8. The van der Waals surface area contributed by atoms with Crippen LogP contribution in [0, 0.1) is 0 Å². The van der Waals surface area contributed by atoms with E-state index in [4.69, 9.17) is 10.2 Å². The lowest BCUT2D eigenvalue weighted by Gasteiger charge is -2.05.